The first-order valence-corrected chi connectivity index (χ1v) is 10.5. The van der Waals surface area contributed by atoms with Crippen LogP contribution in [0.5, 0.6) is 0 Å². The Bertz CT molecular complexity index is 805. The molecular formula is C22H29N3O4. The number of rotatable bonds is 10. The Labute approximate surface area is 171 Å². The zero-order chi connectivity index (χ0) is 20.8. The summed E-state index contributed by atoms with van der Waals surface area (Å²) in [5, 5.41) is 3.31. The number of hydrogen-bond acceptors (Lipinski definition) is 6. The van der Waals surface area contributed by atoms with E-state index in [1.54, 1.807) is 18.2 Å². The molecule has 1 aromatic carbocycles. The Balaban J connectivity index is 1.55. The molecule has 3 rings (SSSR count). The second kappa shape index (κ2) is 9.78. The Morgan fingerprint density at radius 1 is 0.931 bits per heavy atom. The molecule has 156 valence electrons. The number of nitrogens with zero attached hydrogens (tertiary/aromatic N) is 1. The zero-order valence-corrected chi connectivity index (χ0v) is 16.7. The van der Waals surface area contributed by atoms with Crippen molar-refractivity contribution in [2.75, 3.05) is 18.4 Å². The van der Waals surface area contributed by atoms with Crippen molar-refractivity contribution in [2.45, 2.75) is 63.8 Å². The predicted octanol–water partition coefficient (Wildman–Crippen LogP) is 2.68. The molecule has 2 amide bonds. The summed E-state index contributed by atoms with van der Waals surface area (Å²) in [4.78, 5) is 50.2. The van der Waals surface area contributed by atoms with E-state index in [1.165, 1.54) is 19.3 Å². The van der Waals surface area contributed by atoms with E-state index in [2.05, 4.69) is 5.32 Å². The van der Waals surface area contributed by atoms with Crippen LogP contribution in [0.25, 0.3) is 0 Å². The van der Waals surface area contributed by atoms with Gasteiger partial charge in [-0.25, -0.2) is 0 Å². The molecule has 0 aromatic heterocycles. The minimum Gasteiger partial charge on any atom is -0.385 e. The van der Waals surface area contributed by atoms with Gasteiger partial charge < -0.3 is 11.1 Å². The van der Waals surface area contributed by atoms with Crippen molar-refractivity contribution in [1.82, 2.24) is 4.90 Å². The molecule has 7 heteroatoms. The summed E-state index contributed by atoms with van der Waals surface area (Å²) in [7, 11) is 0. The molecule has 1 atom stereocenters. The highest BCUT2D eigenvalue weighted by Gasteiger charge is 2.44. The maximum atomic E-state index is 12.8. The van der Waals surface area contributed by atoms with Crippen molar-refractivity contribution in [3.8, 4) is 0 Å². The van der Waals surface area contributed by atoms with Gasteiger partial charge in [0.05, 0.1) is 23.6 Å². The SMILES string of the molecule is NCCCCCCCCNc1ccc2c(c1)C(=O)N(C1CCC(=O)CC1=O)C2=O. The normalized spacial score (nSPS) is 19.1. The van der Waals surface area contributed by atoms with Gasteiger partial charge in [-0.1, -0.05) is 25.7 Å². The topological polar surface area (TPSA) is 110 Å². The van der Waals surface area contributed by atoms with Crippen molar-refractivity contribution >= 4 is 29.1 Å². The molecule has 0 spiro atoms. The number of anilines is 1. The number of amides is 2. The summed E-state index contributed by atoms with van der Waals surface area (Å²) >= 11 is 0. The molecule has 1 aliphatic heterocycles. The molecule has 1 unspecified atom stereocenters. The number of fused-ring (bicyclic) bond motifs is 1. The minimum absolute atomic E-state index is 0.131. The molecule has 7 nitrogen and oxygen atoms in total. The van der Waals surface area contributed by atoms with Crippen LogP contribution in [0.3, 0.4) is 0 Å². The number of carbonyl (C=O) groups excluding carboxylic acids is 4. The highest BCUT2D eigenvalue weighted by Crippen LogP contribution is 2.30. The molecular weight excluding hydrogens is 370 g/mol. The molecule has 1 fully saturated rings. The standard InChI is InChI=1S/C22H29N3O4/c23-11-5-3-1-2-4-6-12-24-15-7-9-17-18(13-15)22(29)25(21(17)28)19-10-8-16(26)14-20(19)27/h7,9,13,19,24H,1-6,8,10-12,14,23H2. The number of nitrogens with two attached hydrogens (primary N) is 1. The van der Waals surface area contributed by atoms with Gasteiger partial charge >= 0.3 is 0 Å². The van der Waals surface area contributed by atoms with Gasteiger partial charge in [-0.15, -0.1) is 0 Å². The van der Waals surface area contributed by atoms with Crippen molar-refractivity contribution in [2.24, 2.45) is 5.73 Å². The second-order valence-electron chi connectivity index (χ2n) is 7.81. The quantitative estimate of drug-likeness (QED) is 0.356. The van der Waals surface area contributed by atoms with Crippen LogP contribution in [-0.2, 0) is 9.59 Å². The van der Waals surface area contributed by atoms with Crippen LogP contribution in [0.15, 0.2) is 18.2 Å². The average molecular weight is 399 g/mol. The lowest BCUT2D eigenvalue weighted by Gasteiger charge is -2.27. The Morgan fingerprint density at radius 2 is 1.62 bits per heavy atom. The molecule has 3 N–H and O–H groups in total. The van der Waals surface area contributed by atoms with Crippen LogP contribution >= 0.6 is 0 Å². The molecule has 29 heavy (non-hydrogen) atoms. The van der Waals surface area contributed by atoms with Gasteiger partial charge in [-0.2, -0.15) is 0 Å². The Morgan fingerprint density at radius 3 is 2.34 bits per heavy atom. The predicted molar refractivity (Wildman–Crippen MR) is 110 cm³/mol. The fourth-order valence-corrected chi connectivity index (χ4v) is 3.99. The first-order chi connectivity index (χ1) is 14.0. The van der Waals surface area contributed by atoms with Gasteiger partial charge in [0, 0.05) is 18.7 Å². The van der Waals surface area contributed by atoms with Gasteiger partial charge in [0.15, 0.2) is 5.78 Å². The third kappa shape index (κ3) is 4.90. The number of nitrogens with one attached hydrogen (secondary N) is 1. The van der Waals surface area contributed by atoms with Crippen LogP contribution in [0, 0.1) is 0 Å². The first kappa shape index (κ1) is 21.2. The van der Waals surface area contributed by atoms with Crippen LogP contribution in [0.2, 0.25) is 0 Å². The molecule has 1 heterocycles. The van der Waals surface area contributed by atoms with Gasteiger partial charge in [-0.05, 0) is 44.0 Å². The number of hydrogen-bond donors (Lipinski definition) is 2. The third-order valence-corrected chi connectivity index (χ3v) is 5.63. The molecule has 2 aliphatic rings. The summed E-state index contributed by atoms with van der Waals surface area (Å²) in [5.41, 5.74) is 6.93. The number of benzene rings is 1. The van der Waals surface area contributed by atoms with E-state index in [9.17, 15) is 19.2 Å². The number of ketones is 2. The third-order valence-electron chi connectivity index (χ3n) is 5.63. The monoisotopic (exact) mass is 399 g/mol. The van der Waals surface area contributed by atoms with Crippen LogP contribution in [0.1, 0.15) is 78.5 Å². The van der Waals surface area contributed by atoms with E-state index >= 15 is 0 Å². The minimum atomic E-state index is -0.823. The molecule has 0 bridgehead atoms. The van der Waals surface area contributed by atoms with Crippen LogP contribution in [0.4, 0.5) is 5.69 Å². The maximum absolute atomic E-state index is 12.8. The molecule has 1 aromatic rings. The van der Waals surface area contributed by atoms with Gasteiger partial charge in [0.1, 0.15) is 5.78 Å². The number of imide groups is 1. The van der Waals surface area contributed by atoms with E-state index < -0.39 is 17.9 Å². The zero-order valence-electron chi connectivity index (χ0n) is 16.7. The molecule has 0 saturated heterocycles. The van der Waals surface area contributed by atoms with E-state index in [4.69, 9.17) is 5.73 Å². The lowest BCUT2D eigenvalue weighted by molar-refractivity contribution is -0.132. The van der Waals surface area contributed by atoms with Crippen molar-refractivity contribution < 1.29 is 19.2 Å². The highest BCUT2D eigenvalue weighted by molar-refractivity contribution is 6.24. The average Bonchev–Trinajstić information content (AvgIpc) is 2.94. The largest absolute Gasteiger partial charge is 0.385 e. The molecule has 1 saturated carbocycles. The smallest absolute Gasteiger partial charge is 0.262 e. The van der Waals surface area contributed by atoms with Crippen molar-refractivity contribution in [3.63, 3.8) is 0 Å². The number of Topliss-reactive ketones (excluding diaryl/α,β-unsaturated/α-hetero) is 2. The highest BCUT2D eigenvalue weighted by atomic mass is 16.2. The van der Waals surface area contributed by atoms with E-state index in [0.717, 1.165) is 42.9 Å². The number of carbonyl (C=O) groups is 4. The fourth-order valence-electron chi connectivity index (χ4n) is 3.99. The van der Waals surface area contributed by atoms with Gasteiger partial charge in [0.25, 0.3) is 11.8 Å². The van der Waals surface area contributed by atoms with Crippen molar-refractivity contribution in [3.05, 3.63) is 29.3 Å². The summed E-state index contributed by atoms with van der Waals surface area (Å²) < 4.78 is 0. The summed E-state index contributed by atoms with van der Waals surface area (Å²) in [6.07, 6.45) is 7.07. The van der Waals surface area contributed by atoms with E-state index in [-0.39, 0.29) is 30.8 Å². The van der Waals surface area contributed by atoms with Gasteiger partial charge in [0.2, 0.25) is 0 Å². The molecule has 1 aliphatic carbocycles. The lowest BCUT2D eigenvalue weighted by Crippen LogP contribution is -2.47. The van der Waals surface area contributed by atoms with E-state index in [1.807, 2.05) is 0 Å². The summed E-state index contributed by atoms with van der Waals surface area (Å²) in [5.74, 6) is -1.36. The number of unbranched alkanes of at least 4 members (excludes halogenated alkanes) is 5. The van der Waals surface area contributed by atoms with Crippen LogP contribution in [-0.4, -0.2) is 47.4 Å². The van der Waals surface area contributed by atoms with Gasteiger partial charge in [-0.3, -0.25) is 24.1 Å². The first-order valence-electron chi connectivity index (χ1n) is 10.5. The lowest BCUT2D eigenvalue weighted by atomic mass is 9.92. The fraction of sp³-hybridized carbons (Fsp3) is 0.545. The maximum Gasteiger partial charge on any atom is 0.262 e. The Hall–Kier alpha value is -2.54. The summed E-state index contributed by atoms with van der Waals surface area (Å²) in [6.45, 7) is 1.55. The Kier molecular flexibility index (Phi) is 7.14. The van der Waals surface area contributed by atoms with Crippen LogP contribution < -0.4 is 11.1 Å². The summed E-state index contributed by atoms with van der Waals surface area (Å²) in [6, 6.07) is 4.30. The molecule has 0 radical (unpaired) electrons. The second-order valence-corrected chi connectivity index (χ2v) is 7.81. The van der Waals surface area contributed by atoms with E-state index in [0.29, 0.717) is 11.1 Å². The van der Waals surface area contributed by atoms with Crippen molar-refractivity contribution in [1.29, 1.82) is 0 Å².